The molecule has 0 fully saturated rings. The molecular weight excluding hydrogens is 524 g/mol. The molecular formula is C37H70O5. The lowest BCUT2D eigenvalue weighted by molar-refractivity contribution is -0.161. The molecule has 0 bridgehead atoms. The van der Waals surface area contributed by atoms with Gasteiger partial charge in [0.25, 0.3) is 0 Å². The number of allylic oxidation sites excluding steroid dienone is 2. The van der Waals surface area contributed by atoms with E-state index in [9.17, 15) is 14.7 Å². The highest BCUT2D eigenvalue weighted by molar-refractivity contribution is 5.70. The molecule has 1 unspecified atom stereocenters. The minimum absolute atomic E-state index is 0.0622. The Morgan fingerprint density at radius 1 is 0.524 bits per heavy atom. The number of hydrogen-bond donors (Lipinski definition) is 1. The Balaban J connectivity index is 3.54. The van der Waals surface area contributed by atoms with Crippen molar-refractivity contribution in [2.24, 2.45) is 0 Å². The van der Waals surface area contributed by atoms with Gasteiger partial charge in [0.1, 0.15) is 6.61 Å². The van der Waals surface area contributed by atoms with E-state index in [2.05, 4.69) is 26.0 Å². The van der Waals surface area contributed by atoms with Crippen molar-refractivity contribution in [3.8, 4) is 0 Å². The van der Waals surface area contributed by atoms with Crippen LogP contribution in [0.15, 0.2) is 12.2 Å². The van der Waals surface area contributed by atoms with E-state index in [1.165, 1.54) is 128 Å². The van der Waals surface area contributed by atoms with Crippen molar-refractivity contribution in [2.75, 3.05) is 13.2 Å². The Kier molecular flexibility index (Phi) is 33.0. The van der Waals surface area contributed by atoms with Gasteiger partial charge in [0, 0.05) is 12.8 Å². The maximum atomic E-state index is 12.1. The first kappa shape index (κ1) is 40.6. The molecule has 0 radical (unpaired) electrons. The summed E-state index contributed by atoms with van der Waals surface area (Å²) >= 11 is 0. The fraction of sp³-hybridized carbons (Fsp3) is 0.892. The zero-order valence-corrected chi connectivity index (χ0v) is 28.0. The van der Waals surface area contributed by atoms with E-state index in [1.807, 2.05) is 0 Å². The Morgan fingerprint density at radius 3 is 1.29 bits per heavy atom. The Morgan fingerprint density at radius 2 is 0.881 bits per heavy atom. The smallest absolute Gasteiger partial charge is 0.306 e. The fourth-order valence-electron chi connectivity index (χ4n) is 5.25. The van der Waals surface area contributed by atoms with Crippen LogP contribution in [-0.4, -0.2) is 36.4 Å². The van der Waals surface area contributed by atoms with Gasteiger partial charge in [-0.05, 0) is 38.5 Å². The second kappa shape index (κ2) is 34.1. The summed E-state index contributed by atoms with van der Waals surface area (Å²) in [6.45, 7) is 4.12. The lowest BCUT2D eigenvalue weighted by atomic mass is 10.1. The minimum atomic E-state index is -0.765. The molecule has 0 aliphatic rings. The average molecular weight is 595 g/mol. The Labute approximate surface area is 261 Å². The number of aliphatic hydroxyl groups is 1. The number of unbranched alkanes of at least 4 members (excludes halogenated alkanes) is 23. The number of esters is 2. The van der Waals surface area contributed by atoms with E-state index in [4.69, 9.17) is 9.47 Å². The molecule has 0 aromatic heterocycles. The van der Waals surface area contributed by atoms with Gasteiger partial charge in [-0.1, -0.05) is 154 Å². The van der Waals surface area contributed by atoms with Crippen LogP contribution in [0.2, 0.25) is 0 Å². The lowest BCUT2D eigenvalue weighted by Crippen LogP contribution is -2.28. The van der Waals surface area contributed by atoms with Crippen LogP contribution in [0.4, 0.5) is 0 Å². The number of rotatable bonds is 33. The second-order valence-electron chi connectivity index (χ2n) is 12.3. The first-order chi connectivity index (χ1) is 20.6. The molecule has 248 valence electrons. The Bertz CT molecular complexity index is 603. The monoisotopic (exact) mass is 595 g/mol. The minimum Gasteiger partial charge on any atom is -0.462 e. The van der Waals surface area contributed by atoms with E-state index >= 15 is 0 Å². The van der Waals surface area contributed by atoms with Gasteiger partial charge in [-0.15, -0.1) is 0 Å². The van der Waals surface area contributed by atoms with Gasteiger partial charge in [0.05, 0.1) is 6.61 Å². The predicted octanol–water partition coefficient (Wildman–Crippen LogP) is 11.0. The first-order valence-electron chi connectivity index (χ1n) is 18.2. The molecule has 5 heteroatoms. The first-order valence-corrected chi connectivity index (χ1v) is 18.2. The largest absolute Gasteiger partial charge is 0.462 e. The van der Waals surface area contributed by atoms with E-state index in [0.29, 0.717) is 12.8 Å². The number of carbonyl (C=O) groups is 2. The molecule has 1 atom stereocenters. The van der Waals surface area contributed by atoms with Crippen LogP contribution in [0.3, 0.4) is 0 Å². The SMILES string of the molecule is CCCCCCCC/C=C\CCCCCCCCCC(=O)OC(CO)COC(=O)CCCCCCCCCCCCC. The molecule has 1 N–H and O–H groups in total. The third kappa shape index (κ3) is 31.6. The molecule has 0 saturated heterocycles. The molecule has 0 amide bonds. The van der Waals surface area contributed by atoms with Crippen LogP contribution in [0, 0.1) is 0 Å². The van der Waals surface area contributed by atoms with Crippen LogP contribution >= 0.6 is 0 Å². The highest BCUT2D eigenvalue weighted by Gasteiger charge is 2.16. The molecule has 0 aliphatic carbocycles. The van der Waals surface area contributed by atoms with Crippen molar-refractivity contribution in [2.45, 2.75) is 200 Å². The quantitative estimate of drug-likeness (QED) is 0.0465. The fourth-order valence-corrected chi connectivity index (χ4v) is 5.25. The van der Waals surface area contributed by atoms with E-state index in [1.54, 1.807) is 0 Å². The standard InChI is InChI=1S/C37H70O5/c1-3-5-7-9-11-13-15-16-17-18-19-20-22-24-26-28-30-32-37(40)42-35(33-38)34-41-36(39)31-29-27-25-23-21-14-12-10-8-6-4-2/h16-17,35,38H,3-15,18-34H2,1-2H3/b17-16-. The predicted molar refractivity (Wildman–Crippen MR) is 178 cm³/mol. The van der Waals surface area contributed by atoms with Crippen molar-refractivity contribution in [1.29, 1.82) is 0 Å². The van der Waals surface area contributed by atoms with Gasteiger partial charge in [-0.3, -0.25) is 9.59 Å². The third-order valence-corrected chi connectivity index (χ3v) is 8.06. The maximum absolute atomic E-state index is 12.1. The van der Waals surface area contributed by atoms with Crippen LogP contribution < -0.4 is 0 Å². The second-order valence-corrected chi connectivity index (χ2v) is 12.3. The van der Waals surface area contributed by atoms with Crippen LogP contribution in [0.25, 0.3) is 0 Å². The summed E-state index contributed by atoms with van der Waals surface area (Å²) in [7, 11) is 0. The van der Waals surface area contributed by atoms with Crippen molar-refractivity contribution < 1.29 is 24.2 Å². The summed E-state index contributed by atoms with van der Waals surface area (Å²) in [6.07, 6.45) is 36.9. The van der Waals surface area contributed by atoms with Crippen LogP contribution in [0.5, 0.6) is 0 Å². The summed E-state index contributed by atoms with van der Waals surface area (Å²) in [5.74, 6) is -0.590. The topological polar surface area (TPSA) is 72.8 Å². The Hall–Kier alpha value is -1.36. The normalized spacial score (nSPS) is 12.2. The van der Waals surface area contributed by atoms with Gasteiger partial charge in [0.2, 0.25) is 0 Å². The zero-order valence-electron chi connectivity index (χ0n) is 28.0. The summed E-state index contributed by atoms with van der Waals surface area (Å²) in [4.78, 5) is 24.1. The van der Waals surface area contributed by atoms with E-state index < -0.39 is 6.10 Å². The van der Waals surface area contributed by atoms with Crippen molar-refractivity contribution in [1.82, 2.24) is 0 Å². The summed E-state index contributed by atoms with van der Waals surface area (Å²) in [5, 5.41) is 9.51. The molecule has 0 spiro atoms. The summed E-state index contributed by atoms with van der Waals surface area (Å²) in [5.41, 5.74) is 0. The van der Waals surface area contributed by atoms with Gasteiger partial charge in [-0.25, -0.2) is 0 Å². The average Bonchev–Trinajstić information content (AvgIpc) is 2.99. The van der Waals surface area contributed by atoms with Gasteiger partial charge in [-0.2, -0.15) is 0 Å². The number of aliphatic hydroxyl groups excluding tert-OH is 1. The highest BCUT2D eigenvalue weighted by atomic mass is 16.6. The van der Waals surface area contributed by atoms with Crippen molar-refractivity contribution in [3.63, 3.8) is 0 Å². The van der Waals surface area contributed by atoms with E-state index in [-0.39, 0.29) is 25.2 Å². The molecule has 42 heavy (non-hydrogen) atoms. The van der Waals surface area contributed by atoms with Crippen LogP contribution in [-0.2, 0) is 19.1 Å². The third-order valence-electron chi connectivity index (χ3n) is 8.06. The van der Waals surface area contributed by atoms with Crippen molar-refractivity contribution >= 4 is 11.9 Å². The zero-order chi connectivity index (χ0) is 30.8. The molecule has 0 aromatic carbocycles. The summed E-state index contributed by atoms with van der Waals surface area (Å²) in [6, 6.07) is 0. The molecule has 0 heterocycles. The molecule has 0 saturated carbocycles. The van der Waals surface area contributed by atoms with Crippen LogP contribution in [0.1, 0.15) is 194 Å². The molecule has 0 aromatic rings. The maximum Gasteiger partial charge on any atom is 0.306 e. The van der Waals surface area contributed by atoms with Gasteiger partial charge >= 0.3 is 11.9 Å². The molecule has 0 rings (SSSR count). The number of hydrogen-bond acceptors (Lipinski definition) is 5. The van der Waals surface area contributed by atoms with Gasteiger partial charge < -0.3 is 14.6 Å². The van der Waals surface area contributed by atoms with Crippen molar-refractivity contribution in [3.05, 3.63) is 12.2 Å². The molecule has 5 nitrogen and oxygen atoms in total. The molecule has 0 aliphatic heterocycles. The number of ether oxygens (including phenoxy) is 2. The van der Waals surface area contributed by atoms with E-state index in [0.717, 1.165) is 38.5 Å². The summed E-state index contributed by atoms with van der Waals surface area (Å²) < 4.78 is 10.6. The highest BCUT2D eigenvalue weighted by Crippen LogP contribution is 2.14. The lowest BCUT2D eigenvalue weighted by Gasteiger charge is -2.15. The van der Waals surface area contributed by atoms with Gasteiger partial charge in [0.15, 0.2) is 6.10 Å². The number of carbonyl (C=O) groups excluding carboxylic acids is 2.